The summed E-state index contributed by atoms with van der Waals surface area (Å²) in [6.45, 7) is 1.06. The summed E-state index contributed by atoms with van der Waals surface area (Å²) in [6.07, 6.45) is 5.08. The molecule has 0 heterocycles. The number of sulfonamides is 1. The molecule has 1 aliphatic carbocycles. The maximum absolute atomic E-state index is 14.7. The highest BCUT2D eigenvalue weighted by atomic mass is 35.5. The Labute approximate surface area is 297 Å². The second-order valence-electron chi connectivity index (χ2n) is 12.0. The molecule has 0 radical (unpaired) electrons. The number of nitrogens with zero attached hydrogens (tertiary/aromatic N) is 2. The zero-order valence-electron chi connectivity index (χ0n) is 26.6. The predicted molar refractivity (Wildman–Crippen MR) is 193 cm³/mol. The first kappa shape index (κ1) is 35.7. The van der Waals surface area contributed by atoms with E-state index in [-0.39, 0.29) is 35.5 Å². The van der Waals surface area contributed by atoms with Crippen LogP contribution >= 0.6 is 34.8 Å². The van der Waals surface area contributed by atoms with Crippen molar-refractivity contribution in [2.45, 2.75) is 69.0 Å². The summed E-state index contributed by atoms with van der Waals surface area (Å²) in [5.74, 6) is -0.889. The normalized spacial score (nSPS) is 14.2. The van der Waals surface area contributed by atoms with Crippen LogP contribution in [0.1, 0.15) is 48.8 Å². The van der Waals surface area contributed by atoms with E-state index in [0.29, 0.717) is 26.2 Å². The fourth-order valence-corrected chi connectivity index (χ4v) is 8.16. The van der Waals surface area contributed by atoms with Crippen LogP contribution in [0.15, 0.2) is 102 Å². The van der Waals surface area contributed by atoms with Crippen molar-refractivity contribution in [3.05, 3.63) is 129 Å². The predicted octanol–water partition coefficient (Wildman–Crippen LogP) is 8.24. The maximum Gasteiger partial charge on any atom is 0.264 e. The van der Waals surface area contributed by atoms with Crippen LogP contribution in [0.5, 0.6) is 0 Å². The molecule has 0 aliphatic heterocycles. The molecular formula is C37H38Cl3N3O4S. The largest absolute Gasteiger partial charge is 0.352 e. The molecule has 11 heteroatoms. The molecule has 0 bridgehead atoms. The van der Waals surface area contributed by atoms with Gasteiger partial charge in [0.1, 0.15) is 12.6 Å². The zero-order valence-corrected chi connectivity index (χ0v) is 29.7. The number of rotatable bonds is 12. The minimum atomic E-state index is -4.25. The van der Waals surface area contributed by atoms with Crippen molar-refractivity contribution < 1.29 is 18.0 Å². The van der Waals surface area contributed by atoms with E-state index in [0.717, 1.165) is 42.0 Å². The summed E-state index contributed by atoms with van der Waals surface area (Å²) in [4.78, 5) is 30.5. The molecule has 1 atom stereocenters. The van der Waals surface area contributed by atoms with E-state index in [9.17, 15) is 18.0 Å². The summed E-state index contributed by atoms with van der Waals surface area (Å²) in [7, 11) is -4.25. The fraction of sp³-hybridized carbons (Fsp3) is 0.297. The number of nitrogens with one attached hydrogen (secondary N) is 1. The van der Waals surface area contributed by atoms with Crippen molar-refractivity contribution in [1.29, 1.82) is 0 Å². The lowest BCUT2D eigenvalue weighted by Crippen LogP contribution is -2.55. The Hall–Kier alpha value is -3.56. The van der Waals surface area contributed by atoms with Crippen LogP contribution in [0.4, 0.5) is 5.69 Å². The number of benzene rings is 4. The fourth-order valence-electron chi connectivity index (χ4n) is 6.03. The summed E-state index contributed by atoms with van der Waals surface area (Å²) in [5, 5.41) is 4.31. The van der Waals surface area contributed by atoms with Crippen LogP contribution in [0.3, 0.4) is 0 Å². The van der Waals surface area contributed by atoms with E-state index >= 15 is 0 Å². The monoisotopic (exact) mass is 725 g/mol. The van der Waals surface area contributed by atoms with Gasteiger partial charge in [-0.3, -0.25) is 13.9 Å². The molecule has 2 amide bonds. The van der Waals surface area contributed by atoms with Gasteiger partial charge in [-0.25, -0.2) is 8.42 Å². The zero-order chi connectivity index (χ0) is 34.3. The number of carbonyl (C=O) groups excluding carboxylic acids is 2. The highest BCUT2D eigenvalue weighted by molar-refractivity contribution is 7.92. The Morgan fingerprint density at radius 1 is 0.833 bits per heavy atom. The average Bonchev–Trinajstić information content (AvgIpc) is 3.08. The standard InChI is InChI=1S/C37H38Cl3N3O4S/c1-26-32(39)18-11-19-34(26)43(48(46,47)31-16-9-4-10-17-31)25-36(44)42(24-28-20-21-29(38)23-33(28)40)35(22-27-12-5-2-6-13-27)37(45)41-30-14-7-3-8-15-30/h2,4-6,9-13,16-21,23,30,35H,3,7-8,14-15,22,24-25H2,1H3,(H,41,45)/t35-/m1/s1. The molecule has 1 aliphatic rings. The van der Waals surface area contributed by atoms with Gasteiger partial charge in [0.2, 0.25) is 11.8 Å². The van der Waals surface area contributed by atoms with Gasteiger partial charge >= 0.3 is 0 Å². The van der Waals surface area contributed by atoms with Crippen molar-refractivity contribution in [2.75, 3.05) is 10.8 Å². The number of hydrogen-bond acceptors (Lipinski definition) is 4. The van der Waals surface area contributed by atoms with Crippen LogP contribution < -0.4 is 9.62 Å². The van der Waals surface area contributed by atoms with Crippen molar-refractivity contribution in [3.8, 4) is 0 Å². The summed E-state index contributed by atoms with van der Waals surface area (Å²) in [6, 6.07) is 26.3. The second kappa shape index (κ2) is 16.2. The van der Waals surface area contributed by atoms with Crippen molar-refractivity contribution in [1.82, 2.24) is 10.2 Å². The Kier molecular flexibility index (Phi) is 12.1. The molecule has 7 nitrogen and oxygen atoms in total. The Morgan fingerprint density at radius 2 is 1.50 bits per heavy atom. The third-order valence-electron chi connectivity index (χ3n) is 8.70. The molecule has 4 aromatic rings. The number of hydrogen-bond donors (Lipinski definition) is 1. The summed E-state index contributed by atoms with van der Waals surface area (Å²) in [5.41, 5.74) is 2.17. The lowest BCUT2D eigenvalue weighted by molar-refractivity contribution is -0.140. The van der Waals surface area contributed by atoms with Gasteiger partial charge in [0, 0.05) is 34.1 Å². The van der Waals surface area contributed by atoms with Gasteiger partial charge in [0.15, 0.2) is 0 Å². The van der Waals surface area contributed by atoms with Gasteiger partial charge in [-0.1, -0.05) is 115 Å². The van der Waals surface area contributed by atoms with Gasteiger partial charge < -0.3 is 10.2 Å². The SMILES string of the molecule is Cc1c(Cl)cccc1N(CC(=O)N(Cc1ccc(Cl)cc1Cl)[C@H](Cc1ccccc1)C(=O)NC1CCCCC1)S(=O)(=O)c1ccccc1. The lowest BCUT2D eigenvalue weighted by atomic mass is 9.94. The minimum Gasteiger partial charge on any atom is -0.352 e. The Balaban J connectivity index is 1.60. The van der Waals surface area contributed by atoms with E-state index in [1.54, 1.807) is 61.5 Å². The Morgan fingerprint density at radius 3 is 2.17 bits per heavy atom. The van der Waals surface area contributed by atoms with Crippen LogP contribution in [0.25, 0.3) is 0 Å². The van der Waals surface area contributed by atoms with Crippen LogP contribution in [0.2, 0.25) is 15.1 Å². The highest BCUT2D eigenvalue weighted by Crippen LogP contribution is 2.32. The van der Waals surface area contributed by atoms with E-state index < -0.39 is 28.5 Å². The molecule has 0 spiro atoms. The first-order chi connectivity index (χ1) is 23.0. The van der Waals surface area contributed by atoms with Crippen LogP contribution in [0, 0.1) is 6.92 Å². The van der Waals surface area contributed by atoms with E-state index in [1.807, 2.05) is 30.3 Å². The summed E-state index contributed by atoms with van der Waals surface area (Å²) < 4.78 is 29.6. The average molecular weight is 727 g/mol. The maximum atomic E-state index is 14.7. The molecule has 4 aromatic carbocycles. The van der Waals surface area contributed by atoms with Crippen molar-refractivity contribution in [3.63, 3.8) is 0 Å². The smallest absolute Gasteiger partial charge is 0.264 e. The van der Waals surface area contributed by atoms with Gasteiger partial charge in [-0.05, 0) is 72.9 Å². The number of amides is 2. The summed E-state index contributed by atoms with van der Waals surface area (Å²) >= 11 is 19.3. The molecule has 0 saturated heterocycles. The quantitative estimate of drug-likeness (QED) is 0.159. The molecule has 0 unspecified atom stereocenters. The van der Waals surface area contributed by atoms with Gasteiger partial charge in [0.05, 0.1) is 10.6 Å². The lowest BCUT2D eigenvalue weighted by Gasteiger charge is -2.35. The number of carbonyl (C=O) groups is 2. The number of anilines is 1. The third-order valence-corrected chi connectivity index (χ3v) is 11.5. The van der Waals surface area contributed by atoms with E-state index in [1.165, 1.54) is 17.0 Å². The third kappa shape index (κ3) is 8.72. The topological polar surface area (TPSA) is 86.8 Å². The molecule has 252 valence electrons. The molecule has 1 saturated carbocycles. The molecule has 48 heavy (non-hydrogen) atoms. The molecule has 1 fully saturated rings. The highest BCUT2D eigenvalue weighted by Gasteiger charge is 2.36. The van der Waals surface area contributed by atoms with E-state index in [4.69, 9.17) is 34.8 Å². The van der Waals surface area contributed by atoms with Crippen molar-refractivity contribution in [2.24, 2.45) is 0 Å². The minimum absolute atomic E-state index is 0.00957. The molecule has 0 aromatic heterocycles. The molecule has 5 rings (SSSR count). The second-order valence-corrected chi connectivity index (χ2v) is 15.1. The van der Waals surface area contributed by atoms with Gasteiger partial charge in [-0.15, -0.1) is 0 Å². The Bertz CT molecular complexity index is 1840. The van der Waals surface area contributed by atoms with Crippen LogP contribution in [-0.4, -0.2) is 43.8 Å². The van der Waals surface area contributed by atoms with Crippen molar-refractivity contribution >= 4 is 62.3 Å². The van der Waals surface area contributed by atoms with E-state index in [2.05, 4.69) is 5.32 Å². The van der Waals surface area contributed by atoms with Gasteiger partial charge in [-0.2, -0.15) is 0 Å². The number of halogens is 3. The first-order valence-corrected chi connectivity index (χ1v) is 18.5. The van der Waals surface area contributed by atoms with Gasteiger partial charge in [0.25, 0.3) is 10.0 Å². The molecule has 1 N–H and O–H groups in total. The first-order valence-electron chi connectivity index (χ1n) is 15.9. The molecular weight excluding hydrogens is 689 g/mol. The van der Waals surface area contributed by atoms with Crippen LogP contribution in [-0.2, 0) is 32.6 Å².